The van der Waals surface area contributed by atoms with Gasteiger partial charge in [-0.1, -0.05) is 30.3 Å². The highest BCUT2D eigenvalue weighted by Gasteiger charge is 2.24. The Labute approximate surface area is 156 Å². The van der Waals surface area contributed by atoms with Crippen LogP contribution in [0.5, 0.6) is 0 Å². The van der Waals surface area contributed by atoms with Gasteiger partial charge in [0.1, 0.15) is 12.3 Å². The molecule has 2 aromatic rings. The van der Waals surface area contributed by atoms with Gasteiger partial charge in [0.05, 0.1) is 0 Å². The summed E-state index contributed by atoms with van der Waals surface area (Å²) < 4.78 is 5.35. The van der Waals surface area contributed by atoms with Crippen LogP contribution in [-0.4, -0.2) is 46.7 Å². The molecule has 1 aliphatic heterocycles. The molecule has 0 aliphatic carbocycles. The van der Waals surface area contributed by atoms with Crippen molar-refractivity contribution in [2.45, 2.75) is 19.4 Å². The fraction of sp³-hybridized carbons (Fsp3) is 0.368. The van der Waals surface area contributed by atoms with Crippen LogP contribution in [0.15, 0.2) is 47.3 Å². The lowest BCUT2D eigenvalue weighted by Gasteiger charge is -2.31. The molecular formula is C19H22N4O4. The molecule has 0 radical (unpaired) electrons. The zero-order valence-corrected chi connectivity index (χ0v) is 14.9. The number of nitrogens with zero attached hydrogens (tertiary/aromatic N) is 2. The van der Waals surface area contributed by atoms with Gasteiger partial charge in [-0.05, 0) is 30.4 Å². The lowest BCUT2D eigenvalue weighted by molar-refractivity contribution is 0.0799. The number of carbonyl (C=O) groups excluding carboxylic acids is 2. The Kier molecular flexibility index (Phi) is 6.19. The van der Waals surface area contributed by atoms with Gasteiger partial charge in [-0.25, -0.2) is 9.89 Å². The van der Waals surface area contributed by atoms with Crippen LogP contribution in [0.2, 0.25) is 0 Å². The number of piperidine rings is 1. The monoisotopic (exact) mass is 370 g/mol. The van der Waals surface area contributed by atoms with Crippen molar-refractivity contribution < 1.29 is 14.3 Å². The molecule has 8 heteroatoms. The number of aromatic amines is 1. The number of hydrogen-bond donors (Lipinski definition) is 2. The molecule has 2 heterocycles. The highest BCUT2D eigenvalue weighted by atomic mass is 16.6. The van der Waals surface area contributed by atoms with Gasteiger partial charge in [0.25, 0.3) is 11.5 Å². The van der Waals surface area contributed by atoms with E-state index in [0.717, 1.165) is 18.4 Å². The molecule has 27 heavy (non-hydrogen) atoms. The fourth-order valence-corrected chi connectivity index (χ4v) is 2.93. The Morgan fingerprint density at radius 3 is 2.56 bits per heavy atom. The summed E-state index contributed by atoms with van der Waals surface area (Å²) in [6.07, 6.45) is 1.28. The minimum Gasteiger partial charge on any atom is -0.445 e. The van der Waals surface area contributed by atoms with E-state index >= 15 is 0 Å². The summed E-state index contributed by atoms with van der Waals surface area (Å²) in [4.78, 5) is 36.8. The van der Waals surface area contributed by atoms with Crippen molar-refractivity contribution in [2.24, 2.45) is 5.92 Å². The van der Waals surface area contributed by atoms with E-state index in [2.05, 4.69) is 15.5 Å². The van der Waals surface area contributed by atoms with Crippen LogP contribution in [0.25, 0.3) is 0 Å². The molecule has 142 valence electrons. The number of amides is 2. The number of carbonyl (C=O) groups is 2. The zero-order chi connectivity index (χ0) is 19.1. The predicted molar refractivity (Wildman–Crippen MR) is 98.1 cm³/mol. The van der Waals surface area contributed by atoms with Gasteiger partial charge in [0.2, 0.25) is 0 Å². The minimum atomic E-state index is -0.349. The van der Waals surface area contributed by atoms with Crippen LogP contribution in [-0.2, 0) is 11.3 Å². The molecule has 0 unspecified atom stereocenters. The van der Waals surface area contributed by atoms with Crippen LogP contribution in [0.1, 0.15) is 28.9 Å². The zero-order valence-electron chi connectivity index (χ0n) is 14.9. The molecule has 2 amide bonds. The molecule has 0 spiro atoms. The predicted octanol–water partition coefficient (Wildman–Crippen LogP) is 1.55. The van der Waals surface area contributed by atoms with Crippen molar-refractivity contribution in [1.29, 1.82) is 0 Å². The second-order valence-corrected chi connectivity index (χ2v) is 6.49. The van der Waals surface area contributed by atoms with E-state index in [1.807, 2.05) is 30.3 Å². The summed E-state index contributed by atoms with van der Waals surface area (Å²) in [7, 11) is 0. The molecule has 1 aromatic carbocycles. The first kappa shape index (κ1) is 18.6. The number of H-pyrrole nitrogens is 1. The average molecular weight is 370 g/mol. The standard InChI is InChI=1S/C19H22N4O4/c24-17-7-6-16(21-22-17)18(25)20-12-14-8-10-23(11-9-14)19(26)27-13-15-4-2-1-3-5-15/h1-7,14H,8-13H2,(H,20,25)(H,22,24). The summed E-state index contributed by atoms with van der Waals surface area (Å²) in [5.41, 5.74) is 0.786. The number of ether oxygens (including phenoxy) is 1. The average Bonchev–Trinajstić information content (AvgIpc) is 2.72. The normalized spacial score (nSPS) is 14.6. The maximum absolute atomic E-state index is 12.2. The summed E-state index contributed by atoms with van der Waals surface area (Å²) in [6.45, 7) is 1.98. The van der Waals surface area contributed by atoms with Crippen LogP contribution >= 0.6 is 0 Å². The largest absolute Gasteiger partial charge is 0.445 e. The van der Waals surface area contributed by atoms with Gasteiger partial charge in [-0.2, -0.15) is 5.10 Å². The first-order chi connectivity index (χ1) is 13.1. The van der Waals surface area contributed by atoms with Crippen LogP contribution < -0.4 is 10.9 Å². The van der Waals surface area contributed by atoms with Gasteiger partial charge in [-0.15, -0.1) is 0 Å². The molecule has 1 aliphatic rings. The Morgan fingerprint density at radius 1 is 1.15 bits per heavy atom. The second-order valence-electron chi connectivity index (χ2n) is 6.49. The second kappa shape index (κ2) is 8.98. The summed E-state index contributed by atoms with van der Waals surface area (Å²) in [6, 6.07) is 12.2. The van der Waals surface area contributed by atoms with Crippen molar-refractivity contribution in [3.05, 3.63) is 64.1 Å². The lowest BCUT2D eigenvalue weighted by atomic mass is 9.97. The Bertz CT molecular complexity index is 809. The molecule has 1 aromatic heterocycles. The molecule has 0 saturated carbocycles. The number of hydrogen-bond acceptors (Lipinski definition) is 5. The van der Waals surface area contributed by atoms with Gasteiger partial charge >= 0.3 is 6.09 Å². The molecule has 0 atom stereocenters. The number of nitrogens with one attached hydrogen (secondary N) is 2. The number of aromatic nitrogens is 2. The van der Waals surface area contributed by atoms with E-state index in [9.17, 15) is 14.4 Å². The third kappa shape index (κ3) is 5.40. The SMILES string of the molecule is O=C(NCC1CCN(C(=O)OCc2ccccc2)CC1)c1ccc(=O)[nH]n1. The van der Waals surface area contributed by atoms with Crippen molar-refractivity contribution >= 4 is 12.0 Å². The van der Waals surface area contributed by atoms with E-state index in [0.29, 0.717) is 19.6 Å². The van der Waals surface area contributed by atoms with Crippen LogP contribution in [0.4, 0.5) is 4.79 Å². The summed E-state index contributed by atoms with van der Waals surface area (Å²) >= 11 is 0. The first-order valence-electron chi connectivity index (χ1n) is 8.91. The van der Waals surface area contributed by atoms with E-state index in [1.165, 1.54) is 12.1 Å². The highest BCUT2D eigenvalue weighted by Crippen LogP contribution is 2.17. The molecule has 1 fully saturated rings. The smallest absolute Gasteiger partial charge is 0.410 e. The fourth-order valence-electron chi connectivity index (χ4n) is 2.93. The summed E-state index contributed by atoms with van der Waals surface area (Å²) in [5, 5.41) is 8.76. The maximum atomic E-state index is 12.2. The highest BCUT2D eigenvalue weighted by molar-refractivity contribution is 5.91. The van der Waals surface area contributed by atoms with Gasteiger partial charge in [-0.3, -0.25) is 9.59 Å². The third-order valence-electron chi connectivity index (χ3n) is 4.54. The third-order valence-corrected chi connectivity index (χ3v) is 4.54. The molecule has 8 nitrogen and oxygen atoms in total. The van der Waals surface area contributed by atoms with Crippen molar-refractivity contribution in [3.63, 3.8) is 0 Å². The quantitative estimate of drug-likeness (QED) is 0.831. The Balaban J connectivity index is 1.38. The Hall–Kier alpha value is -3.16. The van der Waals surface area contributed by atoms with Crippen LogP contribution in [0, 0.1) is 5.92 Å². The molecule has 0 bridgehead atoms. The number of likely N-dealkylation sites (tertiary alicyclic amines) is 1. The summed E-state index contributed by atoms with van der Waals surface area (Å²) in [5.74, 6) is -0.0363. The van der Waals surface area contributed by atoms with Crippen molar-refractivity contribution in [3.8, 4) is 0 Å². The molecular weight excluding hydrogens is 348 g/mol. The van der Waals surface area contributed by atoms with E-state index < -0.39 is 0 Å². The first-order valence-corrected chi connectivity index (χ1v) is 8.91. The minimum absolute atomic E-state index is 0.177. The van der Waals surface area contributed by atoms with Crippen molar-refractivity contribution in [1.82, 2.24) is 20.4 Å². The van der Waals surface area contributed by atoms with Crippen molar-refractivity contribution in [2.75, 3.05) is 19.6 Å². The lowest BCUT2D eigenvalue weighted by Crippen LogP contribution is -2.41. The maximum Gasteiger partial charge on any atom is 0.410 e. The number of rotatable bonds is 5. The van der Waals surface area contributed by atoms with E-state index in [-0.39, 0.29) is 35.8 Å². The molecule has 1 saturated heterocycles. The van der Waals surface area contributed by atoms with Gasteiger partial charge < -0.3 is 15.0 Å². The van der Waals surface area contributed by atoms with E-state index in [4.69, 9.17) is 4.74 Å². The molecule has 3 rings (SSSR count). The number of benzene rings is 1. The van der Waals surface area contributed by atoms with E-state index in [1.54, 1.807) is 4.90 Å². The van der Waals surface area contributed by atoms with Gasteiger partial charge in [0, 0.05) is 25.7 Å². The molecule has 2 N–H and O–H groups in total. The Morgan fingerprint density at radius 2 is 1.89 bits per heavy atom. The van der Waals surface area contributed by atoms with Crippen LogP contribution in [0.3, 0.4) is 0 Å². The van der Waals surface area contributed by atoms with Gasteiger partial charge in [0.15, 0.2) is 0 Å². The topological polar surface area (TPSA) is 104 Å².